The number of aryl methyl sites for hydroxylation is 1. The minimum Gasteiger partial charge on any atom is -0.343 e. The largest absolute Gasteiger partial charge is 0.343 e. The zero-order valence-electron chi connectivity index (χ0n) is 12.0. The Bertz CT molecular complexity index is 708. The summed E-state index contributed by atoms with van der Waals surface area (Å²) >= 11 is 0. The quantitative estimate of drug-likeness (QED) is 0.772. The van der Waals surface area contributed by atoms with Crippen LogP contribution in [0.15, 0.2) is 42.9 Å². The molecule has 1 aromatic carbocycles. The summed E-state index contributed by atoms with van der Waals surface area (Å²) in [6.45, 7) is 4.78. The van der Waals surface area contributed by atoms with Crippen LogP contribution in [-0.2, 0) is 19.6 Å². The normalized spacial score (nSPS) is 11.3. The van der Waals surface area contributed by atoms with Gasteiger partial charge in [-0.25, -0.2) is 0 Å². The molecule has 3 aromatic rings. The lowest BCUT2D eigenvalue weighted by Crippen LogP contribution is -2.05. The van der Waals surface area contributed by atoms with E-state index in [1.807, 2.05) is 17.9 Å². The Morgan fingerprint density at radius 1 is 1.20 bits per heavy atom. The summed E-state index contributed by atoms with van der Waals surface area (Å²) < 4.78 is 4.25. The zero-order valence-corrected chi connectivity index (χ0v) is 12.0. The third-order valence-corrected chi connectivity index (χ3v) is 3.58. The van der Waals surface area contributed by atoms with Crippen molar-refractivity contribution in [3.63, 3.8) is 0 Å². The number of nitrogens with zero attached hydrogens (tertiary/aromatic N) is 3. The van der Waals surface area contributed by atoms with Gasteiger partial charge in [-0.05, 0) is 37.1 Å². The number of aromatic nitrogens is 3. The van der Waals surface area contributed by atoms with Gasteiger partial charge < -0.3 is 9.88 Å². The molecular weight excluding hydrogens is 248 g/mol. The molecule has 2 aromatic heterocycles. The Labute approximate surface area is 119 Å². The van der Waals surface area contributed by atoms with Crippen LogP contribution in [0.5, 0.6) is 0 Å². The van der Waals surface area contributed by atoms with E-state index in [-0.39, 0.29) is 0 Å². The lowest BCUT2D eigenvalue weighted by Gasteiger charge is -2.06. The van der Waals surface area contributed by atoms with Crippen LogP contribution in [0.1, 0.15) is 18.1 Å². The summed E-state index contributed by atoms with van der Waals surface area (Å²) in [5.41, 5.74) is 3.83. The molecular formula is C16H20N4. The molecule has 20 heavy (non-hydrogen) atoms. The van der Waals surface area contributed by atoms with Gasteiger partial charge >= 0.3 is 0 Å². The topological polar surface area (TPSA) is 34.8 Å². The molecule has 0 fully saturated rings. The van der Waals surface area contributed by atoms with Gasteiger partial charge in [-0.1, -0.05) is 12.1 Å². The summed E-state index contributed by atoms with van der Waals surface area (Å²) in [6.07, 6.45) is 6.22. The van der Waals surface area contributed by atoms with Gasteiger partial charge in [-0.3, -0.25) is 4.68 Å². The molecule has 2 heterocycles. The molecule has 0 aliphatic carbocycles. The fourth-order valence-electron chi connectivity index (χ4n) is 2.54. The molecule has 0 unspecified atom stereocenters. The lowest BCUT2D eigenvalue weighted by atomic mass is 10.1. The van der Waals surface area contributed by atoms with E-state index in [1.54, 1.807) is 0 Å². The molecule has 0 saturated carbocycles. The molecule has 4 nitrogen and oxygen atoms in total. The highest BCUT2D eigenvalue weighted by molar-refractivity contribution is 5.80. The molecule has 0 radical (unpaired) electrons. The highest BCUT2D eigenvalue weighted by Crippen LogP contribution is 2.19. The Morgan fingerprint density at radius 2 is 2.10 bits per heavy atom. The number of hydrogen-bond acceptors (Lipinski definition) is 2. The van der Waals surface area contributed by atoms with Crippen LogP contribution in [0.2, 0.25) is 0 Å². The molecule has 3 rings (SSSR count). The van der Waals surface area contributed by atoms with Crippen LogP contribution >= 0.6 is 0 Å². The fourth-order valence-corrected chi connectivity index (χ4v) is 2.54. The standard InChI is InChI=1S/C16H20N4/c1-3-20-12-14(10-18-20)11-19-7-6-15-5-4-13(9-17-2)8-16(15)19/h4-8,10,12,17H,3,9,11H2,1-2H3. The third-order valence-electron chi connectivity index (χ3n) is 3.58. The lowest BCUT2D eigenvalue weighted by molar-refractivity contribution is 0.658. The average molecular weight is 268 g/mol. The van der Waals surface area contributed by atoms with E-state index in [2.05, 4.69) is 58.6 Å². The van der Waals surface area contributed by atoms with E-state index in [4.69, 9.17) is 0 Å². The van der Waals surface area contributed by atoms with Crippen molar-refractivity contribution in [2.75, 3.05) is 7.05 Å². The summed E-state index contributed by atoms with van der Waals surface area (Å²) in [4.78, 5) is 0. The molecule has 0 amide bonds. The summed E-state index contributed by atoms with van der Waals surface area (Å²) in [6, 6.07) is 8.80. The molecule has 0 aliphatic heterocycles. The second-order valence-corrected chi connectivity index (χ2v) is 5.07. The number of hydrogen-bond donors (Lipinski definition) is 1. The van der Waals surface area contributed by atoms with Gasteiger partial charge in [0.2, 0.25) is 0 Å². The van der Waals surface area contributed by atoms with Crippen LogP contribution in [0.4, 0.5) is 0 Å². The monoisotopic (exact) mass is 268 g/mol. The van der Waals surface area contributed by atoms with Crippen molar-refractivity contribution in [3.8, 4) is 0 Å². The molecule has 0 bridgehead atoms. The van der Waals surface area contributed by atoms with E-state index in [9.17, 15) is 0 Å². The molecule has 0 saturated heterocycles. The minimum atomic E-state index is 0.868. The highest BCUT2D eigenvalue weighted by Gasteiger charge is 2.04. The van der Waals surface area contributed by atoms with Crippen LogP contribution in [-0.4, -0.2) is 21.4 Å². The molecule has 1 N–H and O–H groups in total. The first-order valence-corrected chi connectivity index (χ1v) is 7.04. The van der Waals surface area contributed by atoms with Gasteiger partial charge in [0.05, 0.1) is 12.7 Å². The first-order valence-electron chi connectivity index (χ1n) is 7.04. The van der Waals surface area contributed by atoms with Crippen molar-refractivity contribution in [2.45, 2.75) is 26.6 Å². The van der Waals surface area contributed by atoms with Crippen LogP contribution in [0, 0.1) is 0 Å². The third kappa shape index (κ3) is 2.47. The predicted molar refractivity (Wildman–Crippen MR) is 81.7 cm³/mol. The van der Waals surface area contributed by atoms with Crippen LogP contribution < -0.4 is 5.32 Å². The molecule has 0 spiro atoms. The number of fused-ring (bicyclic) bond motifs is 1. The van der Waals surface area contributed by atoms with Gasteiger partial charge in [-0.15, -0.1) is 0 Å². The maximum absolute atomic E-state index is 4.34. The number of benzene rings is 1. The number of nitrogens with one attached hydrogen (secondary N) is 1. The predicted octanol–water partition coefficient (Wildman–Crippen LogP) is 2.63. The van der Waals surface area contributed by atoms with Gasteiger partial charge in [0.25, 0.3) is 0 Å². The van der Waals surface area contributed by atoms with Crippen molar-refractivity contribution in [3.05, 3.63) is 54.0 Å². The van der Waals surface area contributed by atoms with Gasteiger partial charge in [0.1, 0.15) is 0 Å². The molecule has 104 valence electrons. The van der Waals surface area contributed by atoms with Crippen LogP contribution in [0.3, 0.4) is 0 Å². The van der Waals surface area contributed by atoms with Crippen molar-refractivity contribution >= 4 is 10.9 Å². The molecule has 0 aliphatic rings. The smallest absolute Gasteiger partial charge is 0.0539 e. The Hall–Kier alpha value is -2.07. The summed E-state index contributed by atoms with van der Waals surface area (Å²) in [5.74, 6) is 0. The van der Waals surface area contributed by atoms with Crippen molar-refractivity contribution in [2.24, 2.45) is 0 Å². The SMILES string of the molecule is CCn1cc(Cn2ccc3ccc(CNC)cc32)cn1. The van der Waals surface area contributed by atoms with E-state index >= 15 is 0 Å². The molecule has 4 heteroatoms. The van der Waals surface area contributed by atoms with E-state index in [0.717, 1.165) is 19.6 Å². The second kappa shape index (κ2) is 5.51. The van der Waals surface area contributed by atoms with E-state index in [1.165, 1.54) is 22.0 Å². The van der Waals surface area contributed by atoms with E-state index in [0.29, 0.717) is 0 Å². The first kappa shape index (κ1) is 12.9. The van der Waals surface area contributed by atoms with Crippen molar-refractivity contribution < 1.29 is 0 Å². The van der Waals surface area contributed by atoms with Gasteiger partial charge in [0, 0.05) is 36.6 Å². The maximum atomic E-state index is 4.34. The number of rotatable bonds is 5. The summed E-state index contributed by atoms with van der Waals surface area (Å²) in [7, 11) is 1.97. The van der Waals surface area contributed by atoms with Gasteiger partial charge in [0.15, 0.2) is 0 Å². The molecule has 0 atom stereocenters. The maximum Gasteiger partial charge on any atom is 0.0539 e. The summed E-state index contributed by atoms with van der Waals surface area (Å²) in [5, 5.41) is 8.82. The zero-order chi connectivity index (χ0) is 13.9. The van der Waals surface area contributed by atoms with Crippen molar-refractivity contribution in [1.82, 2.24) is 19.7 Å². The fraction of sp³-hybridized carbons (Fsp3) is 0.312. The highest BCUT2D eigenvalue weighted by atomic mass is 15.3. The first-order chi connectivity index (χ1) is 9.80. The van der Waals surface area contributed by atoms with E-state index < -0.39 is 0 Å². The minimum absolute atomic E-state index is 0.868. The average Bonchev–Trinajstić information content (AvgIpc) is 3.07. The Morgan fingerprint density at radius 3 is 2.85 bits per heavy atom. The van der Waals surface area contributed by atoms with Crippen molar-refractivity contribution in [1.29, 1.82) is 0 Å². The van der Waals surface area contributed by atoms with Crippen LogP contribution in [0.25, 0.3) is 10.9 Å². The Kier molecular flexibility index (Phi) is 3.56. The Balaban J connectivity index is 1.92. The second-order valence-electron chi connectivity index (χ2n) is 5.07. The van der Waals surface area contributed by atoms with Gasteiger partial charge in [-0.2, -0.15) is 5.10 Å².